The Morgan fingerprint density at radius 2 is 2.14 bits per heavy atom. The molecular formula is C16H24N4O. The van der Waals surface area contributed by atoms with E-state index in [1.807, 2.05) is 12.3 Å². The minimum Gasteiger partial charge on any atom is -0.339 e. The van der Waals surface area contributed by atoms with Crippen molar-refractivity contribution in [1.29, 1.82) is 0 Å². The molecule has 0 saturated carbocycles. The molecule has 0 saturated heterocycles. The topological polar surface area (TPSA) is 63.8 Å². The van der Waals surface area contributed by atoms with Crippen molar-refractivity contribution in [3.63, 3.8) is 0 Å². The molecule has 2 heterocycles. The van der Waals surface area contributed by atoms with Gasteiger partial charge in [-0.1, -0.05) is 25.9 Å². The van der Waals surface area contributed by atoms with Crippen molar-refractivity contribution in [2.24, 2.45) is 0 Å². The Balaban J connectivity index is 2.10. The Hall–Kier alpha value is -1.75. The van der Waals surface area contributed by atoms with Gasteiger partial charge in [0.15, 0.2) is 0 Å². The van der Waals surface area contributed by atoms with Gasteiger partial charge in [-0.2, -0.15) is 4.98 Å². The molecular weight excluding hydrogens is 264 g/mol. The molecule has 5 nitrogen and oxygen atoms in total. The van der Waals surface area contributed by atoms with Gasteiger partial charge in [-0.05, 0) is 37.4 Å². The Labute approximate surface area is 126 Å². The minimum atomic E-state index is 0.390. The molecule has 1 unspecified atom stereocenters. The second kappa shape index (κ2) is 7.88. The number of hydrogen-bond donors (Lipinski definition) is 1. The van der Waals surface area contributed by atoms with E-state index >= 15 is 0 Å². The van der Waals surface area contributed by atoms with Crippen LogP contribution in [-0.4, -0.2) is 27.7 Å². The fourth-order valence-electron chi connectivity index (χ4n) is 2.29. The van der Waals surface area contributed by atoms with E-state index in [1.54, 1.807) is 6.20 Å². The van der Waals surface area contributed by atoms with Crippen LogP contribution < -0.4 is 5.32 Å². The van der Waals surface area contributed by atoms with Crippen molar-refractivity contribution < 1.29 is 4.52 Å². The number of hydrogen-bond acceptors (Lipinski definition) is 5. The highest BCUT2D eigenvalue weighted by molar-refractivity contribution is 5.58. The fourth-order valence-corrected chi connectivity index (χ4v) is 2.29. The Bertz CT molecular complexity index is 553. The molecule has 2 aromatic heterocycles. The summed E-state index contributed by atoms with van der Waals surface area (Å²) < 4.78 is 5.41. The van der Waals surface area contributed by atoms with E-state index in [1.165, 1.54) is 0 Å². The number of nitrogens with one attached hydrogen (secondary N) is 1. The Morgan fingerprint density at radius 3 is 2.86 bits per heavy atom. The predicted octanol–water partition coefficient (Wildman–Crippen LogP) is 3.01. The average Bonchev–Trinajstić information content (AvgIpc) is 2.99. The maximum Gasteiger partial charge on any atom is 0.228 e. The van der Waals surface area contributed by atoms with Crippen molar-refractivity contribution in [3.05, 3.63) is 29.9 Å². The molecule has 0 spiro atoms. The quantitative estimate of drug-likeness (QED) is 0.809. The Morgan fingerprint density at radius 1 is 1.29 bits per heavy atom. The van der Waals surface area contributed by atoms with Crippen LogP contribution in [0.1, 0.15) is 45.1 Å². The van der Waals surface area contributed by atoms with Gasteiger partial charge in [0.25, 0.3) is 0 Å². The number of rotatable bonds is 8. The maximum atomic E-state index is 5.41. The molecule has 0 aliphatic rings. The van der Waals surface area contributed by atoms with Gasteiger partial charge < -0.3 is 9.84 Å². The zero-order valence-electron chi connectivity index (χ0n) is 13.1. The summed E-state index contributed by atoms with van der Waals surface area (Å²) in [6.07, 6.45) is 7.49. The first kappa shape index (κ1) is 15.6. The molecule has 0 bridgehead atoms. The predicted molar refractivity (Wildman–Crippen MR) is 83.0 cm³/mol. The third kappa shape index (κ3) is 4.11. The van der Waals surface area contributed by atoms with E-state index in [0.29, 0.717) is 17.8 Å². The summed E-state index contributed by atoms with van der Waals surface area (Å²) in [5, 5.41) is 7.62. The first-order chi connectivity index (χ1) is 10.3. The third-order valence-corrected chi connectivity index (χ3v) is 3.59. The van der Waals surface area contributed by atoms with Gasteiger partial charge in [0.05, 0.1) is 0 Å². The molecule has 21 heavy (non-hydrogen) atoms. The molecule has 0 aliphatic heterocycles. The monoisotopic (exact) mass is 288 g/mol. The van der Waals surface area contributed by atoms with Crippen molar-refractivity contribution in [2.75, 3.05) is 6.54 Å². The number of pyridine rings is 1. The zero-order chi connectivity index (χ0) is 15.1. The molecule has 5 heteroatoms. The van der Waals surface area contributed by atoms with Crippen molar-refractivity contribution in [1.82, 2.24) is 20.4 Å². The Kier molecular flexibility index (Phi) is 5.87. The number of aromatic nitrogens is 3. The van der Waals surface area contributed by atoms with Gasteiger partial charge in [0.2, 0.25) is 11.7 Å². The van der Waals surface area contributed by atoms with Crippen LogP contribution in [0.3, 0.4) is 0 Å². The molecule has 0 amide bonds. The van der Waals surface area contributed by atoms with Gasteiger partial charge in [0, 0.05) is 30.4 Å². The molecule has 114 valence electrons. The molecule has 2 rings (SSSR count). The molecule has 1 atom stereocenters. The van der Waals surface area contributed by atoms with Crippen LogP contribution in [0.4, 0.5) is 0 Å². The van der Waals surface area contributed by atoms with Gasteiger partial charge in [-0.25, -0.2) is 0 Å². The molecule has 2 aromatic rings. The molecule has 1 N–H and O–H groups in total. The van der Waals surface area contributed by atoms with Crippen LogP contribution in [0.2, 0.25) is 0 Å². The maximum absolute atomic E-state index is 5.41. The van der Waals surface area contributed by atoms with Crippen LogP contribution in [-0.2, 0) is 12.8 Å². The highest BCUT2D eigenvalue weighted by atomic mass is 16.5. The van der Waals surface area contributed by atoms with Gasteiger partial charge in [-0.3, -0.25) is 4.98 Å². The third-order valence-electron chi connectivity index (χ3n) is 3.59. The first-order valence-corrected chi connectivity index (χ1v) is 7.77. The van der Waals surface area contributed by atoms with Gasteiger partial charge >= 0.3 is 0 Å². The summed E-state index contributed by atoms with van der Waals surface area (Å²) in [6, 6.07) is 2.33. The van der Waals surface area contributed by atoms with Crippen LogP contribution in [0.5, 0.6) is 0 Å². The van der Waals surface area contributed by atoms with E-state index in [0.717, 1.165) is 43.4 Å². The summed E-state index contributed by atoms with van der Waals surface area (Å²) in [4.78, 5) is 8.69. The van der Waals surface area contributed by atoms with Gasteiger partial charge in [0.1, 0.15) is 0 Å². The van der Waals surface area contributed by atoms with Crippen LogP contribution in [0, 0.1) is 0 Å². The van der Waals surface area contributed by atoms with E-state index < -0.39 is 0 Å². The van der Waals surface area contributed by atoms with Gasteiger partial charge in [-0.15, -0.1) is 0 Å². The SMILES string of the molecule is CCCNC(CC)Cc1nc(-c2ccncc2CC)no1. The number of aryl methyl sites for hydroxylation is 1. The summed E-state index contributed by atoms with van der Waals surface area (Å²) >= 11 is 0. The molecule has 0 aliphatic carbocycles. The molecule has 0 aromatic carbocycles. The van der Waals surface area contributed by atoms with Crippen molar-refractivity contribution in [3.8, 4) is 11.4 Å². The summed E-state index contributed by atoms with van der Waals surface area (Å²) in [5.41, 5.74) is 2.15. The highest BCUT2D eigenvalue weighted by Crippen LogP contribution is 2.20. The lowest BCUT2D eigenvalue weighted by Crippen LogP contribution is -2.31. The fraction of sp³-hybridized carbons (Fsp3) is 0.562. The second-order valence-corrected chi connectivity index (χ2v) is 5.16. The van der Waals surface area contributed by atoms with Crippen LogP contribution >= 0.6 is 0 Å². The lowest BCUT2D eigenvalue weighted by molar-refractivity contribution is 0.354. The normalized spacial score (nSPS) is 12.5. The molecule has 0 fully saturated rings. The lowest BCUT2D eigenvalue weighted by Gasteiger charge is -2.13. The lowest BCUT2D eigenvalue weighted by atomic mass is 10.1. The van der Waals surface area contributed by atoms with Crippen molar-refractivity contribution >= 4 is 0 Å². The number of nitrogens with zero attached hydrogens (tertiary/aromatic N) is 3. The van der Waals surface area contributed by atoms with E-state index in [2.05, 4.69) is 41.2 Å². The summed E-state index contributed by atoms with van der Waals surface area (Å²) in [6.45, 7) is 7.45. The minimum absolute atomic E-state index is 0.390. The zero-order valence-corrected chi connectivity index (χ0v) is 13.1. The largest absolute Gasteiger partial charge is 0.339 e. The van der Waals surface area contributed by atoms with E-state index in [9.17, 15) is 0 Å². The van der Waals surface area contributed by atoms with E-state index in [4.69, 9.17) is 4.52 Å². The molecule has 0 radical (unpaired) electrons. The highest BCUT2D eigenvalue weighted by Gasteiger charge is 2.15. The second-order valence-electron chi connectivity index (χ2n) is 5.16. The smallest absolute Gasteiger partial charge is 0.228 e. The average molecular weight is 288 g/mol. The standard InChI is InChI=1S/C16H24N4O/c1-4-8-18-13(6-3)10-15-19-16(20-21-15)14-7-9-17-11-12(14)5-2/h7,9,11,13,18H,4-6,8,10H2,1-3H3. The van der Waals surface area contributed by atoms with Crippen molar-refractivity contribution in [2.45, 2.75) is 52.5 Å². The first-order valence-electron chi connectivity index (χ1n) is 7.77. The summed E-state index contributed by atoms with van der Waals surface area (Å²) in [7, 11) is 0. The van der Waals surface area contributed by atoms with E-state index in [-0.39, 0.29) is 0 Å². The van der Waals surface area contributed by atoms with Crippen LogP contribution in [0.15, 0.2) is 23.0 Å². The van der Waals surface area contributed by atoms with Crippen LogP contribution in [0.25, 0.3) is 11.4 Å². The summed E-state index contributed by atoms with van der Waals surface area (Å²) in [5.74, 6) is 1.36.